The predicted octanol–water partition coefficient (Wildman–Crippen LogP) is 3.81. The zero-order valence-electron chi connectivity index (χ0n) is 13.5. The summed E-state index contributed by atoms with van der Waals surface area (Å²) in [5.41, 5.74) is 0.843. The molecule has 23 heavy (non-hydrogen) atoms. The van der Waals surface area contributed by atoms with Crippen LogP contribution in [0.25, 0.3) is 0 Å². The van der Waals surface area contributed by atoms with Gasteiger partial charge >= 0.3 is 6.09 Å². The number of hydrogen-bond donors (Lipinski definition) is 0. The lowest BCUT2D eigenvalue weighted by Gasteiger charge is -2.39. The molecule has 1 aromatic rings. The summed E-state index contributed by atoms with van der Waals surface area (Å²) >= 11 is 5.97. The number of halogens is 1. The van der Waals surface area contributed by atoms with Crippen LogP contribution in [0.15, 0.2) is 24.6 Å². The molecule has 5 nitrogen and oxygen atoms in total. The highest BCUT2D eigenvalue weighted by molar-refractivity contribution is 6.29. The molecule has 1 aromatic heterocycles. The first-order valence-electron chi connectivity index (χ1n) is 7.83. The molecule has 0 aliphatic carbocycles. The second-order valence-electron chi connectivity index (χ2n) is 6.54. The Hall–Kier alpha value is -1.75. The fourth-order valence-electron chi connectivity index (χ4n) is 3.46. The number of pyridine rings is 1. The van der Waals surface area contributed by atoms with E-state index in [9.17, 15) is 4.79 Å². The van der Waals surface area contributed by atoms with Crippen molar-refractivity contribution in [2.45, 2.75) is 38.7 Å². The van der Waals surface area contributed by atoms with Crippen LogP contribution in [0.1, 0.15) is 32.3 Å². The van der Waals surface area contributed by atoms with Gasteiger partial charge in [-0.15, -0.1) is 0 Å². The standard InChI is InChI=1S/C17H21ClN2O3/c1-11(2)22-16(21)20-6-4-13(5-7-20)17(3)9-12-8-15(18)19-10-14(12)23-17/h8,10,13H,1,4-7,9H2,2-3H3/t17-/m1/s1. The highest BCUT2D eigenvalue weighted by Crippen LogP contribution is 2.42. The van der Waals surface area contributed by atoms with Gasteiger partial charge in [-0.25, -0.2) is 9.78 Å². The van der Waals surface area contributed by atoms with E-state index in [0.717, 1.165) is 30.6 Å². The number of carbonyl (C=O) groups is 1. The molecule has 3 rings (SSSR count). The van der Waals surface area contributed by atoms with Crippen molar-refractivity contribution in [2.75, 3.05) is 13.1 Å². The van der Waals surface area contributed by atoms with Crippen LogP contribution in [0.3, 0.4) is 0 Å². The van der Waals surface area contributed by atoms with Gasteiger partial charge in [-0.05, 0) is 32.8 Å². The Morgan fingerprint density at radius 1 is 1.52 bits per heavy atom. The fraction of sp³-hybridized carbons (Fsp3) is 0.529. The van der Waals surface area contributed by atoms with Crippen LogP contribution in [-0.4, -0.2) is 34.7 Å². The van der Waals surface area contributed by atoms with E-state index in [1.54, 1.807) is 18.0 Å². The first-order chi connectivity index (χ1) is 10.9. The minimum absolute atomic E-state index is 0.265. The number of hydrogen-bond acceptors (Lipinski definition) is 4. The van der Waals surface area contributed by atoms with E-state index in [2.05, 4.69) is 18.5 Å². The van der Waals surface area contributed by atoms with Crippen molar-refractivity contribution in [1.82, 2.24) is 9.88 Å². The molecule has 1 saturated heterocycles. The summed E-state index contributed by atoms with van der Waals surface area (Å²) in [6.45, 7) is 8.75. The van der Waals surface area contributed by atoms with Gasteiger partial charge in [-0.2, -0.15) is 0 Å². The highest BCUT2D eigenvalue weighted by Gasteiger charge is 2.43. The minimum Gasteiger partial charge on any atom is -0.485 e. The number of ether oxygens (including phenoxy) is 2. The Morgan fingerprint density at radius 2 is 2.22 bits per heavy atom. The third kappa shape index (κ3) is 3.29. The monoisotopic (exact) mass is 336 g/mol. The molecule has 1 fully saturated rings. The summed E-state index contributed by atoms with van der Waals surface area (Å²) in [7, 11) is 0. The highest BCUT2D eigenvalue weighted by atomic mass is 35.5. The maximum atomic E-state index is 11.9. The van der Waals surface area contributed by atoms with Crippen LogP contribution in [0.2, 0.25) is 5.15 Å². The zero-order valence-corrected chi connectivity index (χ0v) is 14.2. The Labute approximate surface area is 141 Å². The lowest BCUT2D eigenvalue weighted by Crippen LogP contribution is -2.47. The molecule has 0 radical (unpaired) electrons. The summed E-state index contributed by atoms with van der Waals surface area (Å²) in [6.07, 6.45) is 3.98. The number of amides is 1. The SMILES string of the molecule is C=C(C)OC(=O)N1CCC([C@@]2(C)Cc3cc(Cl)ncc3O2)CC1. The van der Waals surface area contributed by atoms with Crippen LogP contribution in [0.4, 0.5) is 4.79 Å². The van der Waals surface area contributed by atoms with E-state index < -0.39 is 0 Å². The second kappa shape index (κ2) is 6.04. The summed E-state index contributed by atoms with van der Waals surface area (Å²) in [4.78, 5) is 17.7. The molecule has 6 heteroatoms. The maximum absolute atomic E-state index is 11.9. The largest absolute Gasteiger partial charge is 0.485 e. The normalized spacial score (nSPS) is 24.0. The van der Waals surface area contributed by atoms with E-state index >= 15 is 0 Å². The molecule has 0 aromatic carbocycles. The molecule has 1 amide bonds. The number of rotatable bonds is 2. The quantitative estimate of drug-likeness (QED) is 0.608. The number of allylic oxidation sites excluding steroid dienone is 1. The van der Waals surface area contributed by atoms with Gasteiger partial charge in [0.2, 0.25) is 0 Å². The Bertz CT molecular complexity index is 641. The molecule has 0 saturated carbocycles. The summed E-state index contributed by atoms with van der Waals surface area (Å²) in [5, 5.41) is 0.494. The van der Waals surface area contributed by atoms with Crippen molar-refractivity contribution in [3.05, 3.63) is 35.3 Å². The van der Waals surface area contributed by atoms with Crippen molar-refractivity contribution < 1.29 is 14.3 Å². The Kier molecular flexibility index (Phi) is 4.23. The number of likely N-dealkylation sites (tertiary alicyclic amines) is 1. The van der Waals surface area contributed by atoms with Gasteiger partial charge in [-0.3, -0.25) is 0 Å². The van der Waals surface area contributed by atoms with Crippen LogP contribution in [-0.2, 0) is 11.2 Å². The maximum Gasteiger partial charge on any atom is 0.414 e. The molecule has 3 heterocycles. The van der Waals surface area contributed by atoms with Gasteiger partial charge < -0.3 is 14.4 Å². The molecular formula is C17H21ClN2O3. The molecule has 0 spiro atoms. The second-order valence-corrected chi connectivity index (χ2v) is 6.92. The van der Waals surface area contributed by atoms with E-state index in [1.165, 1.54) is 0 Å². The van der Waals surface area contributed by atoms with Crippen LogP contribution in [0.5, 0.6) is 5.75 Å². The smallest absolute Gasteiger partial charge is 0.414 e. The van der Waals surface area contributed by atoms with Crippen molar-refractivity contribution in [3.63, 3.8) is 0 Å². The Balaban J connectivity index is 1.62. The lowest BCUT2D eigenvalue weighted by atomic mass is 9.79. The van der Waals surface area contributed by atoms with Crippen LogP contribution < -0.4 is 4.74 Å². The first-order valence-corrected chi connectivity index (χ1v) is 8.21. The van der Waals surface area contributed by atoms with E-state index in [0.29, 0.717) is 29.9 Å². The van der Waals surface area contributed by atoms with E-state index in [4.69, 9.17) is 21.1 Å². The van der Waals surface area contributed by atoms with E-state index in [-0.39, 0.29) is 11.7 Å². The van der Waals surface area contributed by atoms with Gasteiger partial charge in [0.1, 0.15) is 16.5 Å². The van der Waals surface area contributed by atoms with Crippen molar-refractivity contribution >= 4 is 17.7 Å². The van der Waals surface area contributed by atoms with Crippen LogP contribution in [0, 0.1) is 5.92 Å². The average molecular weight is 337 g/mol. The summed E-state index contributed by atoms with van der Waals surface area (Å²) < 4.78 is 11.3. The van der Waals surface area contributed by atoms with Crippen LogP contribution >= 0.6 is 11.6 Å². The number of fused-ring (bicyclic) bond motifs is 1. The fourth-order valence-corrected chi connectivity index (χ4v) is 3.65. The number of piperidine rings is 1. The molecule has 124 valence electrons. The summed E-state index contributed by atoms with van der Waals surface area (Å²) in [6, 6.07) is 1.88. The molecular weight excluding hydrogens is 316 g/mol. The molecule has 1 atom stereocenters. The van der Waals surface area contributed by atoms with Gasteiger partial charge in [0.15, 0.2) is 0 Å². The zero-order chi connectivity index (χ0) is 16.6. The molecule has 2 aliphatic rings. The van der Waals surface area contributed by atoms with Gasteiger partial charge in [0.25, 0.3) is 0 Å². The first kappa shape index (κ1) is 16.1. The molecule has 0 bridgehead atoms. The van der Waals surface area contributed by atoms with Crippen molar-refractivity contribution in [3.8, 4) is 5.75 Å². The number of nitrogens with zero attached hydrogens (tertiary/aromatic N) is 2. The molecule has 0 unspecified atom stereocenters. The van der Waals surface area contributed by atoms with Gasteiger partial charge in [0.05, 0.1) is 12.0 Å². The van der Waals surface area contributed by atoms with E-state index in [1.807, 2.05) is 6.07 Å². The third-order valence-corrected chi connectivity index (χ3v) is 4.88. The van der Waals surface area contributed by atoms with Crippen molar-refractivity contribution in [2.24, 2.45) is 5.92 Å². The number of aromatic nitrogens is 1. The Morgan fingerprint density at radius 3 is 2.87 bits per heavy atom. The van der Waals surface area contributed by atoms with Gasteiger partial charge in [0, 0.05) is 31.0 Å². The average Bonchev–Trinajstić information content (AvgIpc) is 2.83. The van der Waals surface area contributed by atoms with Gasteiger partial charge in [-0.1, -0.05) is 18.2 Å². The third-order valence-electron chi connectivity index (χ3n) is 4.68. The number of carbonyl (C=O) groups excluding carboxylic acids is 1. The predicted molar refractivity (Wildman–Crippen MR) is 87.6 cm³/mol. The lowest BCUT2D eigenvalue weighted by molar-refractivity contribution is 0.0117. The van der Waals surface area contributed by atoms with Crippen molar-refractivity contribution in [1.29, 1.82) is 0 Å². The minimum atomic E-state index is -0.312. The topological polar surface area (TPSA) is 51.7 Å². The molecule has 0 N–H and O–H groups in total. The summed E-state index contributed by atoms with van der Waals surface area (Å²) in [5.74, 6) is 1.62. The molecule has 2 aliphatic heterocycles.